The van der Waals surface area contributed by atoms with Crippen LogP contribution in [0.25, 0.3) is 0 Å². The molecule has 134 valence electrons. The van der Waals surface area contributed by atoms with Gasteiger partial charge in [-0.25, -0.2) is 8.42 Å². The number of hydrogen-bond acceptors (Lipinski definition) is 5. The van der Waals surface area contributed by atoms with E-state index in [4.69, 9.17) is 20.8 Å². The van der Waals surface area contributed by atoms with Gasteiger partial charge in [0.2, 0.25) is 0 Å². The second-order valence-corrected chi connectivity index (χ2v) is 7.38. The number of carbonyl (C=O) groups is 1. The van der Waals surface area contributed by atoms with Gasteiger partial charge in [-0.1, -0.05) is 29.8 Å². The lowest BCUT2D eigenvalue weighted by Gasteiger charge is -2.22. The molecule has 1 amide bonds. The number of anilines is 1. The van der Waals surface area contributed by atoms with Crippen molar-refractivity contribution in [3.05, 3.63) is 77.7 Å². The van der Waals surface area contributed by atoms with Crippen LogP contribution in [0.3, 0.4) is 0 Å². The standard InChI is InChI=1S/C18H14ClNO5S/c1-24-16-10-9-13(12-15(16)19)20(18(21)17-8-5-11-25-17)26(22,23)14-6-3-2-4-7-14/h2-12H,1H3. The number of amides is 1. The van der Waals surface area contributed by atoms with Crippen molar-refractivity contribution in [2.45, 2.75) is 4.90 Å². The number of carbonyl (C=O) groups excluding carboxylic acids is 1. The molecule has 26 heavy (non-hydrogen) atoms. The maximum Gasteiger partial charge on any atom is 0.307 e. The number of sulfonamides is 1. The molecule has 0 atom stereocenters. The highest BCUT2D eigenvalue weighted by Crippen LogP contribution is 2.33. The van der Waals surface area contributed by atoms with Gasteiger partial charge in [0, 0.05) is 0 Å². The van der Waals surface area contributed by atoms with Crippen molar-refractivity contribution in [2.75, 3.05) is 11.4 Å². The fourth-order valence-corrected chi connectivity index (χ4v) is 4.01. The predicted octanol–water partition coefficient (Wildman–Crippen LogP) is 3.98. The average molecular weight is 392 g/mol. The summed E-state index contributed by atoms with van der Waals surface area (Å²) >= 11 is 6.12. The van der Waals surface area contributed by atoms with E-state index in [1.165, 1.54) is 55.8 Å². The van der Waals surface area contributed by atoms with Crippen LogP contribution in [0.2, 0.25) is 5.02 Å². The lowest BCUT2D eigenvalue weighted by atomic mass is 10.3. The topological polar surface area (TPSA) is 76.8 Å². The van der Waals surface area contributed by atoms with E-state index in [1.807, 2.05) is 0 Å². The molecule has 8 heteroatoms. The van der Waals surface area contributed by atoms with E-state index in [0.717, 1.165) is 0 Å². The highest BCUT2D eigenvalue weighted by atomic mass is 35.5. The summed E-state index contributed by atoms with van der Waals surface area (Å²) in [6.07, 6.45) is 1.29. The van der Waals surface area contributed by atoms with Gasteiger partial charge >= 0.3 is 5.91 Å². The number of nitrogens with zero attached hydrogens (tertiary/aromatic N) is 1. The quantitative estimate of drug-likeness (QED) is 0.657. The molecule has 2 aromatic carbocycles. The van der Waals surface area contributed by atoms with Crippen LogP contribution < -0.4 is 9.04 Å². The van der Waals surface area contributed by atoms with Crippen molar-refractivity contribution in [2.24, 2.45) is 0 Å². The molecule has 1 heterocycles. The Balaban J connectivity index is 2.17. The summed E-state index contributed by atoms with van der Waals surface area (Å²) in [5, 5.41) is 0.172. The summed E-state index contributed by atoms with van der Waals surface area (Å²) in [6, 6.07) is 14.8. The van der Waals surface area contributed by atoms with Crippen LogP contribution in [-0.4, -0.2) is 21.4 Å². The van der Waals surface area contributed by atoms with E-state index in [2.05, 4.69) is 0 Å². The average Bonchev–Trinajstić information content (AvgIpc) is 3.17. The lowest BCUT2D eigenvalue weighted by molar-refractivity contribution is 0.0979. The first-order valence-electron chi connectivity index (χ1n) is 7.47. The van der Waals surface area contributed by atoms with Gasteiger partial charge in [0.05, 0.1) is 29.0 Å². The van der Waals surface area contributed by atoms with E-state index in [-0.39, 0.29) is 21.4 Å². The van der Waals surface area contributed by atoms with Gasteiger partial charge in [-0.15, -0.1) is 0 Å². The Morgan fingerprint density at radius 1 is 1.08 bits per heavy atom. The zero-order valence-corrected chi connectivity index (χ0v) is 15.2. The van der Waals surface area contributed by atoms with Crippen molar-refractivity contribution in [3.63, 3.8) is 0 Å². The first kappa shape index (κ1) is 18.0. The monoisotopic (exact) mass is 391 g/mol. The fourth-order valence-electron chi connectivity index (χ4n) is 2.35. The zero-order valence-electron chi connectivity index (χ0n) is 13.6. The van der Waals surface area contributed by atoms with E-state index in [1.54, 1.807) is 18.2 Å². The van der Waals surface area contributed by atoms with E-state index in [9.17, 15) is 13.2 Å². The number of furan rings is 1. The summed E-state index contributed by atoms with van der Waals surface area (Å²) < 4.78 is 37.1. The van der Waals surface area contributed by atoms with Gasteiger partial charge < -0.3 is 9.15 Å². The third-order valence-electron chi connectivity index (χ3n) is 3.57. The van der Waals surface area contributed by atoms with Crippen LogP contribution in [-0.2, 0) is 10.0 Å². The number of methoxy groups -OCH3 is 1. The van der Waals surface area contributed by atoms with Crippen molar-refractivity contribution < 1.29 is 22.4 Å². The number of ether oxygens (including phenoxy) is 1. The minimum atomic E-state index is -4.19. The molecule has 0 radical (unpaired) electrons. The summed E-state index contributed by atoms with van der Waals surface area (Å²) in [4.78, 5) is 12.8. The van der Waals surface area contributed by atoms with Crippen molar-refractivity contribution >= 4 is 33.2 Å². The van der Waals surface area contributed by atoms with Crippen LogP contribution in [0.15, 0.2) is 76.2 Å². The maximum atomic E-state index is 13.1. The molecule has 0 spiro atoms. The second-order valence-electron chi connectivity index (χ2n) is 5.18. The number of hydrogen-bond donors (Lipinski definition) is 0. The summed E-state index contributed by atoms with van der Waals surface area (Å²) in [5.41, 5.74) is 0.0704. The van der Waals surface area contributed by atoms with Gasteiger partial charge in [0.1, 0.15) is 5.75 Å². The van der Waals surface area contributed by atoms with Gasteiger partial charge in [-0.3, -0.25) is 4.79 Å². The minimum Gasteiger partial charge on any atom is -0.495 e. The highest BCUT2D eigenvalue weighted by Gasteiger charge is 2.33. The largest absolute Gasteiger partial charge is 0.495 e. The SMILES string of the molecule is COc1ccc(N(C(=O)c2ccco2)S(=O)(=O)c2ccccc2)cc1Cl. The summed E-state index contributed by atoms with van der Waals surface area (Å²) in [7, 11) is -2.75. The van der Waals surface area contributed by atoms with Crippen LogP contribution in [0.5, 0.6) is 5.75 Å². The van der Waals surface area contributed by atoms with Gasteiger partial charge in [-0.2, -0.15) is 4.31 Å². The lowest BCUT2D eigenvalue weighted by Crippen LogP contribution is -2.36. The Morgan fingerprint density at radius 3 is 2.38 bits per heavy atom. The molecule has 0 unspecified atom stereocenters. The maximum absolute atomic E-state index is 13.1. The van der Waals surface area contributed by atoms with Crippen molar-refractivity contribution in [1.29, 1.82) is 0 Å². The third kappa shape index (κ3) is 3.31. The van der Waals surface area contributed by atoms with E-state index in [0.29, 0.717) is 10.1 Å². The van der Waals surface area contributed by atoms with E-state index < -0.39 is 15.9 Å². The van der Waals surface area contributed by atoms with Gasteiger partial charge in [0.25, 0.3) is 10.0 Å². The van der Waals surface area contributed by atoms with E-state index >= 15 is 0 Å². The molecule has 0 fully saturated rings. The third-order valence-corrected chi connectivity index (χ3v) is 5.59. The smallest absolute Gasteiger partial charge is 0.307 e. The van der Waals surface area contributed by atoms with Crippen molar-refractivity contribution in [1.82, 2.24) is 0 Å². The molecule has 0 bridgehead atoms. The molecule has 1 aromatic heterocycles. The Kier molecular flexibility index (Phi) is 5.01. The van der Waals surface area contributed by atoms with Crippen LogP contribution in [0, 0.1) is 0 Å². The number of rotatable bonds is 5. The number of benzene rings is 2. The van der Waals surface area contributed by atoms with Crippen LogP contribution in [0.4, 0.5) is 5.69 Å². The summed E-state index contributed by atoms with van der Waals surface area (Å²) in [5.74, 6) is -0.588. The predicted molar refractivity (Wildman–Crippen MR) is 97.1 cm³/mol. The number of halogens is 1. The molecule has 0 aliphatic rings. The molecular weight excluding hydrogens is 378 g/mol. The molecule has 0 saturated carbocycles. The fraction of sp³-hybridized carbons (Fsp3) is 0.0556. The molecular formula is C18H14ClNO5S. The normalized spacial score (nSPS) is 11.2. The molecule has 6 nitrogen and oxygen atoms in total. The Hall–Kier alpha value is -2.77. The second kappa shape index (κ2) is 7.23. The van der Waals surface area contributed by atoms with Crippen molar-refractivity contribution in [3.8, 4) is 5.75 Å². The molecule has 3 rings (SSSR count). The van der Waals surface area contributed by atoms with Crippen LogP contribution >= 0.6 is 11.6 Å². The Morgan fingerprint density at radius 2 is 1.81 bits per heavy atom. The van der Waals surface area contributed by atoms with Gasteiger partial charge in [0.15, 0.2) is 5.76 Å². The van der Waals surface area contributed by atoms with Gasteiger partial charge in [-0.05, 0) is 42.5 Å². The minimum absolute atomic E-state index is 0.0353. The Bertz CT molecular complexity index is 1020. The Labute approximate surface area is 155 Å². The summed E-state index contributed by atoms with van der Waals surface area (Å²) in [6.45, 7) is 0. The highest BCUT2D eigenvalue weighted by molar-refractivity contribution is 7.93. The zero-order chi connectivity index (χ0) is 18.7. The molecule has 3 aromatic rings. The molecule has 0 saturated heterocycles. The first-order valence-corrected chi connectivity index (χ1v) is 9.28. The van der Waals surface area contributed by atoms with Crippen LogP contribution in [0.1, 0.15) is 10.6 Å². The molecule has 0 aliphatic carbocycles. The first-order chi connectivity index (χ1) is 12.4. The molecule has 0 aliphatic heterocycles. The molecule has 0 N–H and O–H groups in total.